The van der Waals surface area contributed by atoms with Crippen molar-refractivity contribution in [3.05, 3.63) is 65.7 Å². The molecule has 0 aliphatic heterocycles. The molecule has 0 bridgehead atoms. The number of aliphatic hydroxyl groups excluding tert-OH is 1. The van der Waals surface area contributed by atoms with Crippen LogP contribution in [0.2, 0.25) is 0 Å². The fraction of sp³-hybridized carbons (Fsp3) is 0.0556. The third kappa shape index (κ3) is 3.10. The minimum Gasteiger partial charge on any atom is -0.509 e. The Balaban J connectivity index is 1.85. The molecular weight excluding hydrogens is 304 g/mol. The molecule has 1 aromatic heterocycles. The zero-order valence-corrected chi connectivity index (χ0v) is 12.6. The summed E-state index contributed by atoms with van der Waals surface area (Å²) in [6.45, 7) is -0.0890. The van der Waals surface area contributed by atoms with E-state index in [9.17, 15) is 15.5 Å². The number of hydrogen-bond acceptors (Lipinski definition) is 5. The maximum atomic E-state index is 10.2. The number of aromatic hydroxyl groups is 1. The minimum atomic E-state index is -0.191. The number of rotatable bonds is 4. The number of aromatic amines is 1. The average molecular weight is 318 g/mol. The number of phenols is 1. The van der Waals surface area contributed by atoms with E-state index in [-0.39, 0.29) is 23.6 Å². The number of nitrogens with one attached hydrogen (secondary N) is 1. The predicted molar refractivity (Wildman–Crippen MR) is 91.8 cm³/mol. The Morgan fingerprint density at radius 2 is 1.96 bits per heavy atom. The van der Waals surface area contributed by atoms with Gasteiger partial charge in [0.2, 0.25) is 0 Å². The van der Waals surface area contributed by atoms with E-state index in [1.807, 2.05) is 30.3 Å². The Kier molecular flexibility index (Phi) is 4.25. The lowest BCUT2D eigenvalue weighted by atomic mass is 10.2. The van der Waals surface area contributed by atoms with Crippen molar-refractivity contribution >= 4 is 22.8 Å². The molecule has 24 heavy (non-hydrogen) atoms. The molecule has 3 N–H and O–H groups in total. The molecule has 0 aliphatic carbocycles. The zero-order chi connectivity index (χ0) is 16.9. The summed E-state index contributed by atoms with van der Waals surface area (Å²) < 4.78 is 0. The third-order valence-corrected chi connectivity index (χ3v) is 3.43. The first kappa shape index (κ1) is 15.3. The number of allylic oxidation sites excluding steroid dienone is 1. The van der Waals surface area contributed by atoms with Crippen molar-refractivity contribution in [1.29, 1.82) is 5.26 Å². The van der Waals surface area contributed by atoms with Crippen molar-refractivity contribution in [2.75, 3.05) is 6.54 Å². The van der Waals surface area contributed by atoms with Crippen molar-refractivity contribution in [3.63, 3.8) is 0 Å². The molecule has 0 spiro atoms. The van der Waals surface area contributed by atoms with Crippen molar-refractivity contribution < 1.29 is 10.2 Å². The first-order valence-corrected chi connectivity index (χ1v) is 7.24. The number of aliphatic imine (C=N–C) groups is 1. The van der Waals surface area contributed by atoms with E-state index in [4.69, 9.17) is 0 Å². The van der Waals surface area contributed by atoms with E-state index in [0.29, 0.717) is 16.9 Å². The maximum Gasteiger partial charge on any atom is 0.152 e. The van der Waals surface area contributed by atoms with E-state index < -0.39 is 0 Å². The van der Waals surface area contributed by atoms with Gasteiger partial charge in [0.25, 0.3) is 0 Å². The summed E-state index contributed by atoms with van der Waals surface area (Å²) in [5.74, 6) is 0.208. The molecule has 0 aliphatic rings. The molecule has 1 heterocycles. The standard InChI is InChI=1S/C18H14N4O2/c19-9-13(18-21-14-6-2-3-7-15(14)22-18)17(24)11-20-10-12-5-1-4-8-16(12)23/h1-8,10,23-24H,11H2,(H,21,22). The van der Waals surface area contributed by atoms with Gasteiger partial charge in [0.15, 0.2) is 5.82 Å². The topological polar surface area (TPSA) is 105 Å². The number of imidazole rings is 1. The summed E-state index contributed by atoms with van der Waals surface area (Å²) in [5.41, 5.74) is 2.07. The second kappa shape index (κ2) is 6.67. The van der Waals surface area contributed by atoms with Crippen LogP contribution in [0.25, 0.3) is 16.6 Å². The quantitative estimate of drug-likeness (QED) is 0.390. The summed E-state index contributed by atoms with van der Waals surface area (Å²) in [6.07, 6.45) is 1.44. The average Bonchev–Trinajstić information content (AvgIpc) is 3.01. The lowest BCUT2D eigenvalue weighted by Crippen LogP contribution is -1.96. The summed E-state index contributed by atoms with van der Waals surface area (Å²) in [6, 6.07) is 16.0. The molecule has 3 rings (SSSR count). The van der Waals surface area contributed by atoms with E-state index in [1.54, 1.807) is 24.3 Å². The van der Waals surface area contributed by atoms with Gasteiger partial charge in [-0.3, -0.25) is 4.99 Å². The van der Waals surface area contributed by atoms with Gasteiger partial charge in [0, 0.05) is 11.8 Å². The summed E-state index contributed by atoms with van der Waals surface area (Å²) in [5, 5.41) is 29.1. The number of benzene rings is 2. The highest BCUT2D eigenvalue weighted by molar-refractivity contribution is 5.84. The number of aromatic nitrogens is 2. The molecule has 0 radical (unpaired) electrons. The van der Waals surface area contributed by atoms with Gasteiger partial charge in [-0.1, -0.05) is 24.3 Å². The fourth-order valence-electron chi connectivity index (χ4n) is 2.23. The van der Waals surface area contributed by atoms with Crippen molar-refractivity contribution in [2.24, 2.45) is 4.99 Å². The highest BCUT2D eigenvalue weighted by Crippen LogP contribution is 2.19. The van der Waals surface area contributed by atoms with Gasteiger partial charge in [0.05, 0.1) is 17.6 Å². The number of aliphatic hydroxyl groups is 1. The van der Waals surface area contributed by atoms with E-state index in [0.717, 1.165) is 5.52 Å². The van der Waals surface area contributed by atoms with Gasteiger partial charge < -0.3 is 15.2 Å². The SMILES string of the molecule is N#CC(=C(O)CN=Cc1ccccc1O)c1nc2ccccc2[nH]1. The molecule has 6 nitrogen and oxygen atoms in total. The number of para-hydroxylation sites is 3. The molecule has 118 valence electrons. The molecule has 6 heteroatoms. The molecule has 2 aromatic carbocycles. The Labute approximate surface area is 138 Å². The fourth-order valence-corrected chi connectivity index (χ4v) is 2.23. The Bertz CT molecular complexity index is 947. The summed E-state index contributed by atoms with van der Waals surface area (Å²) >= 11 is 0. The van der Waals surface area contributed by atoms with Crippen molar-refractivity contribution in [1.82, 2.24) is 9.97 Å². The van der Waals surface area contributed by atoms with Crippen LogP contribution in [-0.2, 0) is 0 Å². The van der Waals surface area contributed by atoms with Crippen LogP contribution in [0.5, 0.6) is 5.75 Å². The first-order chi connectivity index (χ1) is 11.7. The van der Waals surface area contributed by atoms with Crippen LogP contribution in [0, 0.1) is 11.3 Å². The Morgan fingerprint density at radius 1 is 1.21 bits per heavy atom. The number of nitriles is 1. The molecule has 0 saturated carbocycles. The normalized spacial score (nSPS) is 12.3. The van der Waals surface area contributed by atoms with E-state index in [2.05, 4.69) is 15.0 Å². The number of phenolic OH excluding ortho intramolecular Hbond substituents is 1. The number of fused-ring (bicyclic) bond motifs is 1. The van der Waals surface area contributed by atoms with Gasteiger partial charge in [-0.2, -0.15) is 5.26 Å². The lowest BCUT2D eigenvalue weighted by Gasteiger charge is -2.00. The largest absolute Gasteiger partial charge is 0.509 e. The Hall–Kier alpha value is -3.59. The van der Waals surface area contributed by atoms with Gasteiger partial charge in [-0.15, -0.1) is 0 Å². The smallest absolute Gasteiger partial charge is 0.152 e. The van der Waals surface area contributed by atoms with Crippen molar-refractivity contribution in [3.8, 4) is 11.8 Å². The molecule has 0 unspecified atom stereocenters. The van der Waals surface area contributed by atoms with Gasteiger partial charge >= 0.3 is 0 Å². The minimum absolute atomic E-state index is 0.0423. The van der Waals surface area contributed by atoms with Crippen LogP contribution in [0.1, 0.15) is 11.4 Å². The second-order valence-electron chi connectivity index (χ2n) is 5.06. The van der Waals surface area contributed by atoms with E-state index in [1.165, 1.54) is 6.21 Å². The Morgan fingerprint density at radius 3 is 2.71 bits per heavy atom. The second-order valence-corrected chi connectivity index (χ2v) is 5.06. The molecule has 0 amide bonds. The molecular formula is C18H14N4O2. The van der Waals surface area contributed by atoms with Crippen LogP contribution in [-0.4, -0.2) is 32.9 Å². The van der Waals surface area contributed by atoms with Crippen LogP contribution < -0.4 is 0 Å². The molecule has 0 saturated heterocycles. The van der Waals surface area contributed by atoms with Gasteiger partial charge in [-0.05, 0) is 24.3 Å². The van der Waals surface area contributed by atoms with Gasteiger partial charge in [-0.25, -0.2) is 4.98 Å². The van der Waals surface area contributed by atoms with Crippen LogP contribution in [0.3, 0.4) is 0 Å². The van der Waals surface area contributed by atoms with Crippen molar-refractivity contribution in [2.45, 2.75) is 0 Å². The van der Waals surface area contributed by atoms with Crippen LogP contribution in [0.4, 0.5) is 0 Å². The molecule has 0 fully saturated rings. The van der Waals surface area contributed by atoms with Crippen LogP contribution >= 0.6 is 0 Å². The van der Waals surface area contributed by atoms with Gasteiger partial charge in [0.1, 0.15) is 23.2 Å². The number of hydrogen-bond donors (Lipinski definition) is 3. The highest BCUT2D eigenvalue weighted by atomic mass is 16.3. The molecule has 0 atom stereocenters. The summed E-state index contributed by atoms with van der Waals surface area (Å²) in [7, 11) is 0. The third-order valence-electron chi connectivity index (χ3n) is 3.43. The first-order valence-electron chi connectivity index (χ1n) is 7.24. The summed E-state index contributed by atoms with van der Waals surface area (Å²) in [4.78, 5) is 11.4. The zero-order valence-electron chi connectivity index (χ0n) is 12.6. The lowest BCUT2D eigenvalue weighted by molar-refractivity contribution is 0.407. The number of H-pyrrole nitrogens is 1. The van der Waals surface area contributed by atoms with E-state index >= 15 is 0 Å². The monoisotopic (exact) mass is 318 g/mol. The predicted octanol–water partition coefficient (Wildman–Crippen LogP) is 3.18. The molecule has 3 aromatic rings. The highest BCUT2D eigenvalue weighted by Gasteiger charge is 2.12. The maximum absolute atomic E-state index is 10.2. The van der Waals surface area contributed by atoms with Crippen LogP contribution in [0.15, 0.2) is 59.3 Å². The number of nitrogens with zero attached hydrogens (tertiary/aromatic N) is 3.